The molecule has 0 radical (unpaired) electrons. The maximum Gasteiger partial charge on any atom is 0.306 e. The monoisotopic (exact) mass is 652 g/mol. The Hall–Kier alpha value is -2.19. The fourth-order valence-electron chi connectivity index (χ4n) is 5.22. The molecule has 268 valence electrons. The number of hydrogen-bond donors (Lipinski definition) is 0. The number of allylic oxidation sites excluding steroid dienone is 4. The lowest BCUT2D eigenvalue weighted by molar-refractivity contribution is -0.889. The van der Waals surface area contributed by atoms with Crippen LogP contribution in [0.25, 0.3) is 0 Å². The molecule has 8 nitrogen and oxygen atoms in total. The number of aliphatic carboxylic acids is 1. The number of carboxylic acids is 1. The fraction of sp³-hybridized carbons (Fsp3) is 0.816. The first kappa shape index (κ1) is 43.8. The number of ether oxygens (including phenoxy) is 3. The first-order valence-electron chi connectivity index (χ1n) is 18.4. The number of quaternary nitrogens is 1. The van der Waals surface area contributed by atoms with Gasteiger partial charge >= 0.3 is 11.9 Å². The third-order valence-corrected chi connectivity index (χ3v) is 8.10. The minimum Gasteiger partial charge on any atom is -0.544 e. The molecule has 0 amide bonds. The summed E-state index contributed by atoms with van der Waals surface area (Å²) in [5, 5.41) is 11.5. The summed E-state index contributed by atoms with van der Waals surface area (Å²) < 4.78 is 17.0. The first-order chi connectivity index (χ1) is 22.1. The highest BCUT2D eigenvalue weighted by Crippen LogP contribution is 2.14. The SMILES string of the molecule is CC/C=C/C/C=C/CCCCC(=O)OC(COCCC(C(=O)[O-])[N+](C)(C)C)COC(=O)CCCCCCCCCCCCCCC. The largest absolute Gasteiger partial charge is 0.544 e. The van der Waals surface area contributed by atoms with Crippen LogP contribution in [-0.2, 0) is 28.6 Å². The van der Waals surface area contributed by atoms with Gasteiger partial charge in [0.15, 0.2) is 6.10 Å². The molecule has 0 heterocycles. The standard InChI is InChI=1S/C38H69NO7/c1-6-8-10-12-14-16-17-18-19-21-22-24-26-28-36(40)45-33-34(32-44-31-30-35(38(42)43)39(3,4)5)46-37(41)29-27-25-23-20-15-13-11-9-7-2/h9,11,15,20,34-35H,6-8,10,12-14,16-19,21-33H2,1-5H3/b11-9+,20-15+. The minimum absolute atomic E-state index is 0.0304. The van der Waals surface area contributed by atoms with Crippen molar-refractivity contribution >= 4 is 17.9 Å². The van der Waals surface area contributed by atoms with Gasteiger partial charge in [-0.15, -0.1) is 0 Å². The van der Waals surface area contributed by atoms with Gasteiger partial charge in [-0.2, -0.15) is 0 Å². The van der Waals surface area contributed by atoms with Gasteiger partial charge < -0.3 is 28.6 Å². The van der Waals surface area contributed by atoms with Crippen molar-refractivity contribution in [2.75, 3.05) is 41.0 Å². The van der Waals surface area contributed by atoms with Gasteiger partial charge in [-0.25, -0.2) is 0 Å². The molecule has 0 fully saturated rings. The van der Waals surface area contributed by atoms with Gasteiger partial charge in [0.05, 0.1) is 40.3 Å². The molecule has 2 atom stereocenters. The van der Waals surface area contributed by atoms with Crippen molar-refractivity contribution < 1.29 is 38.2 Å². The van der Waals surface area contributed by atoms with E-state index in [0.29, 0.717) is 12.8 Å². The maximum atomic E-state index is 12.5. The van der Waals surface area contributed by atoms with Gasteiger partial charge in [0.1, 0.15) is 12.6 Å². The van der Waals surface area contributed by atoms with E-state index < -0.39 is 18.1 Å². The molecule has 0 aliphatic carbocycles. The number of esters is 2. The van der Waals surface area contributed by atoms with Crippen LogP contribution in [0.1, 0.15) is 149 Å². The summed E-state index contributed by atoms with van der Waals surface area (Å²) in [6.07, 6.45) is 29.3. The Kier molecular flexibility index (Phi) is 28.7. The highest BCUT2D eigenvalue weighted by atomic mass is 16.6. The van der Waals surface area contributed by atoms with Crippen molar-refractivity contribution in [3.05, 3.63) is 24.3 Å². The van der Waals surface area contributed by atoms with E-state index in [1.807, 2.05) is 0 Å². The van der Waals surface area contributed by atoms with Gasteiger partial charge in [0, 0.05) is 19.3 Å². The van der Waals surface area contributed by atoms with E-state index >= 15 is 0 Å². The van der Waals surface area contributed by atoms with Crippen molar-refractivity contribution in [2.24, 2.45) is 0 Å². The van der Waals surface area contributed by atoms with Crippen molar-refractivity contribution in [3.63, 3.8) is 0 Å². The van der Waals surface area contributed by atoms with Gasteiger partial charge in [0.25, 0.3) is 0 Å². The zero-order chi connectivity index (χ0) is 34.3. The summed E-state index contributed by atoms with van der Waals surface area (Å²) in [6.45, 7) is 4.48. The smallest absolute Gasteiger partial charge is 0.306 e. The van der Waals surface area contributed by atoms with E-state index in [4.69, 9.17) is 14.2 Å². The fourth-order valence-corrected chi connectivity index (χ4v) is 5.22. The molecule has 0 aliphatic rings. The number of hydrogen-bond acceptors (Lipinski definition) is 7. The van der Waals surface area contributed by atoms with Crippen LogP contribution >= 0.6 is 0 Å². The Morgan fingerprint density at radius 2 is 1.22 bits per heavy atom. The predicted molar refractivity (Wildman–Crippen MR) is 185 cm³/mol. The molecule has 8 heteroatoms. The van der Waals surface area contributed by atoms with Crippen LogP contribution in [0, 0.1) is 0 Å². The average Bonchev–Trinajstić information content (AvgIpc) is 3.00. The van der Waals surface area contributed by atoms with E-state index in [2.05, 4.69) is 38.2 Å². The lowest BCUT2D eigenvalue weighted by Crippen LogP contribution is -2.55. The van der Waals surface area contributed by atoms with Gasteiger partial charge in [-0.3, -0.25) is 9.59 Å². The quantitative estimate of drug-likeness (QED) is 0.0319. The molecule has 0 saturated carbocycles. The van der Waals surface area contributed by atoms with Crippen molar-refractivity contribution in [2.45, 2.75) is 161 Å². The summed E-state index contributed by atoms with van der Waals surface area (Å²) in [5.74, 6) is -1.78. The van der Waals surface area contributed by atoms with Crippen LogP contribution in [0.3, 0.4) is 0 Å². The summed E-state index contributed by atoms with van der Waals surface area (Å²) in [6, 6.07) is -0.726. The number of likely N-dealkylation sites (N-methyl/N-ethyl adjacent to an activating group) is 1. The Labute approximate surface area is 281 Å². The number of carbonyl (C=O) groups excluding carboxylic acids is 3. The van der Waals surface area contributed by atoms with Gasteiger partial charge in [-0.1, -0.05) is 115 Å². The van der Waals surface area contributed by atoms with E-state index in [9.17, 15) is 19.5 Å². The lowest BCUT2D eigenvalue weighted by atomic mass is 10.0. The highest BCUT2D eigenvalue weighted by molar-refractivity contribution is 5.70. The number of unbranched alkanes of at least 4 members (excludes halogenated alkanes) is 14. The van der Waals surface area contributed by atoms with Crippen LogP contribution in [0.2, 0.25) is 0 Å². The van der Waals surface area contributed by atoms with Crippen LogP contribution in [-0.4, -0.2) is 75.5 Å². The van der Waals surface area contributed by atoms with Gasteiger partial charge in [0.2, 0.25) is 0 Å². The Morgan fingerprint density at radius 1 is 0.674 bits per heavy atom. The molecule has 0 aromatic carbocycles. The zero-order valence-electron chi connectivity index (χ0n) is 30.2. The normalized spacial score (nSPS) is 13.3. The number of rotatable bonds is 32. The molecule has 0 spiro atoms. The Bertz CT molecular complexity index is 818. The van der Waals surface area contributed by atoms with Crippen molar-refractivity contribution in [3.8, 4) is 0 Å². The molecular formula is C38H69NO7. The molecule has 0 aliphatic heterocycles. The van der Waals surface area contributed by atoms with E-state index in [1.165, 1.54) is 64.2 Å². The van der Waals surface area contributed by atoms with E-state index in [-0.39, 0.29) is 49.1 Å². The zero-order valence-corrected chi connectivity index (χ0v) is 30.2. The lowest BCUT2D eigenvalue weighted by Gasteiger charge is -2.34. The summed E-state index contributed by atoms with van der Waals surface area (Å²) in [7, 11) is 5.38. The second-order valence-electron chi connectivity index (χ2n) is 13.4. The number of carbonyl (C=O) groups is 3. The molecule has 0 rings (SSSR count). The van der Waals surface area contributed by atoms with Gasteiger partial charge in [-0.05, 0) is 38.5 Å². The molecule has 46 heavy (non-hydrogen) atoms. The van der Waals surface area contributed by atoms with Crippen LogP contribution < -0.4 is 5.11 Å². The molecule has 0 bridgehead atoms. The third-order valence-electron chi connectivity index (χ3n) is 8.10. The van der Waals surface area contributed by atoms with E-state index in [1.54, 1.807) is 21.1 Å². The van der Waals surface area contributed by atoms with Crippen molar-refractivity contribution in [1.82, 2.24) is 0 Å². The van der Waals surface area contributed by atoms with Crippen molar-refractivity contribution in [1.29, 1.82) is 0 Å². The van der Waals surface area contributed by atoms with Crippen LogP contribution in [0.4, 0.5) is 0 Å². The van der Waals surface area contributed by atoms with Crippen LogP contribution in [0.5, 0.6) is 0 Å². The Morgan fingerprint density at radius 3 is 1.78 bits per heavy atom. The number of carboxylic acid groups (broad SMARTS) is 1. The Balaban J connectivity index is 4.43. The topological polar surface area (TPSA) is 102 Å². The maximum absolute atomic E-state index is 12.5. The molecule has 0 saturated heterocycles. The minimum atomic E-state index is -1.13. The second-order valence-corrected chi connectivity index (χ2v) is 13.4. The first-order valence-corrected chi connectivity index (χ1v) is 18.4. The molecule has 0 aromatic heterocycles. The molecule has 2 unspecified atom stereocenters. The number of nitrogens with zero attached hydrogens (tertiary/aromatic N) is 1. The summed E-state index contributed by atoms with van der Waals surface area (Å²) in [5.41, 5.74) is 0. The average molecular weight is 652 g/mol. The van der Waals surface area contributed by atoms with E-state index in [0.717, 1.165) is 44.9 Å². The summed E-state index contributed by atoms with van der Waals surface area (Å²) >= 11 is 0. The summed E-state index contributed by atoms with van der Waals surface area (Å²) in [4.78, 5) is 36.5. The molecular weight excluding hydrogens is 582 g/mol. The molecule has 0 N–H and O–H groups in total. The molecule has 0 aromatic rings. The second kappa shape index (κ2) is 30.2. The predicted octanol–water partition coefficient (Wildman–Crippen LogP) is 7.63. The third kappa shape index (κ3) is 28.1. The highest BCUT2D eigenvalue weighted by Gasteiger charge is 2.25. The van der Waals surface area contributed by atoms with Crippen LogP contribution in [0.15, 0.2) is 24.3 Å².